The van der Waals surface area contributed by atoms with Gasteiger partial charge in [-0.25, -0.2) is 4.39 Å². The molecule has 0 aliphatic rings. The van der Waals surface area contributed by atoms with E-state index in [2.05, 4.69) is 5.32 Å². The molecular formula is C27H28ClFN2O3. The van der Waals surface area contributed by atoms with E-state index < -0.39 is 6.04 Å². The maximum atomic E-state index is 13.5. The smallest absolute Gasteiger partial charge is 0.261 e. The highest BCUT2D eigenvalue weighted by Crippen LogP contribution is 2.19. The summed E-state index contributed by atoms with van der Waals surface area (Å²) in [5, 5.41) is 3.42. The number of carbonyl (C=O) groups excluding carboxylic acids is 2. The third-order valence-electron chi connectivity index (χ3n) is 5.13. The van der Waals surface area contributed by atoms with Gasteiger partial charge in [0.25, 0.3) is 5.91 Å². The van der Waals surface area contributed by atoms with Crippen molar-refractivity contribution in [1.29, 1.82) is 0 Å². The topological polar surface area (TPSA) is 58.6 Å². The fraction of sp³-hybridized carbons (Fsp3) is 0.259. The van der Waals surface area contributed by atoms with Crippen LogP contribution in [0, 0.1) is 5.82 Å². The van der Waals surface area contributed by atoms with Crippen molar-refractivity contribution in [2.75, 3.05) is 6.61 Å². The number of hydrogen-bond donors (Lipinski definition) is 1. The van der Waals surface area contributed by atoms with Gasteiger partial charge >= 0.3 is 0 Å². The molecule has 0 aromatic heterocycles. The third-order valence-corrected chi connectivity index (χ3v) is 5.36. The average molecular weight is 483 g/mol. The molecule has 178 valence electrons. The van der Waals surface area contributed by atoms with E-state index >= 15 is 0 Å². The van der Waals surface area contributed by atoms with Crippen molar-refractivity contribution in [2.45, 2.75) is 38.9 Å². The van der Waals surface area contributed by atoms with Crippen molar-refractivity contribution in [3.8, 4) is 5.75 Å². The Balaban J connectivity index is 1.90. The summed E-state index contributed by atoms with van der Waals surface area (Å²) in [7, 11) is 0. The fourth-order valence-corrected chi connectivity index (χ4v) is 3.69. The van der Waals surface area contributed by atoms with Gasteiger partial charge in [0.15, 0.2) is 6.61 Å². The molecule has 2 amide bonds. The summed E-state index contributed by atoms with van der Waals surface area (Å²) in [4.78, 5) is 28.1. The monoisotopic (exact) mass is 482 g/mol. The van der Waals surface area contributed by atoms with E-state index in [0.29, 0.717) is 22.8 Å². The van der Waals surface area contributed by atoms with Crippen LogP contribution in [-0.2, 0) is 22.6 Å². The molecule has 0 aliphatic carbocycles. The molecule has 3 rings (SSSR count). The number of halogens is 2. The summed E-state index contributed by atoms with van der Waals surface area (Å²) in [6, 6.07) is 21.3. The van der Waals surface area contributed by atoms with Crippen LogP contribution >= 0.6 is 11.6 Å². The van der Waals surface area contributed by atoms with Crippen LogP contribution in [0.2, 0.25) is 5.02 Å². The number of nitrogens with zero attached hydrogens (tertiary/aromatic N) is 1. The first-order valence-electron chi connectivity index (χ1n) is 11.1. The first kappa shape index (κ1) is 25.2. The van der Waals surface area contributed by atoms with Crippen LogP contribution < -0.4 is 10.1 Å². The molecule has 0 unspecified atom stereocenters. The highest BCUT2D eigenvalue weighted by Gasteiger charge is 2.31. The van der Waals surface area contributed by atoms with E-state index in [4.69, 9.17) is 16.3 Å². The molecule has 0 aliphatic heterocycles. The minimum Gasteiger partial charge on any atom is -0.484 e. The zero-order chi connectivity index (χ0) is 24.5. The van der Waals surface area contributed by atoms with Crippen LogP contribution in [0.25, 0.3) is 0 Å². The van der Waals surface area contributed by atoms with Gasteiger partial charge in [-0.3, -0.25) is 9.59 Å². The van der Waals surface area contributed by atoms with Crippen molar-refractivity contribution in [3.05, 3.63) is 101 Å². The highest BCUT2D eigenvalue weighted by molar-refractivity contribution is 6.30. The van der Waals surface area contributed by atoms with Gasteiger partial charge in [-0.1, -0.05) is 60.1 Å². The molecule has 0 heterocycles. The van der Waals surface area contributed by atoms with Crippen LogP contribution in [0.3, 0.4) is 0 Å². The largest absolute Gasteiger partial charge is 0.484 e. The van der Waals surface area contributed by atoms with E-state index in [0.717, 1.165) is 5.56 Å². The minimum atomic E-state index is -0.787. The quantitative estimate of drug-likeness (QED) is 0.441. The lowest BCUT2D eigenvalue weighted by Gasteiger charge is -2.32. The molecule has 3 aromatic carbocycles. The molecule has 1 N–H and O–H groups in total. The maximum Gasteiger partial charge on any atom is 0.261 e. The summed E-state index contributed by atoms with van der Waals surface area (Å²) in [6.07, 6.45) is 0.323. The SMILES string of the molecule is CC(C)NC(=O)[C@@H](Cc1ccccc1)N(Cc1ccc(F)cc1)C(=O)COc1cccc(Cl)c1. The van der Waals surface area contributed by atoms with Crippen LogP contribution in [0.15, 0.2) is 78.9 Å². The second-order valence-corrected chi connectivity index (χ2v) is 8.70. The Kier molecular flexibility index (Phi) is 9.05. The van der Waals surface area contributed by atoms with Crippen molar-refractivity contribution < 1.29 is 18.7 Å². The van der Waals surface area contributed by atoms with E-state index in [1.807, 2.05) is 44.2 Å². The Morgan fingerprint density at radius 1 is 0.971 bits per heavy atom. The number of ether oxygens (including phenoxy) is 1. The lowest BCUT2D eigenvalue weighted by atomic mass is 10.0. The second kappa shape index (κ2) is 12.2. The average Bonchev–Trinajstić information content (AvgIpc) is 2.81. The normalized spacial score (nSPS) is 11.7. The zero-order valence-corrected chi connectivity index (χ0v) is 20.0. The molecule has 7 heteroatoms. The van der Waals surface area contributed by atoms with Crippen LogP contribution in [0.5, 0.6) is 5.75 Å². The molecule has 1 atom stereocenters. The van der Waals surface area contributed by atoms with Gasteiger partial charge in [-0.15, -0.1) is 0 Å². The summed E-state index contributed by atoms with van der Waals surface area (Å²) in [5.41, 5.74) is 1.62. The van der Waals surface area contributed by atoms with Crippen LogP contribution in [0.1, 0.15) is 25.0 Å². The number of hydrogen-bond acceptors (Lipinski definition) is 3. The minimum absolute atomic E-state index is 0.101. The van der Waals surface area contributed by atoms with Gasteiger partial charge in [0, 0.05) is 24.0 Å². The fourth-order valence-electron chi connectivity index (χ4n) is 3.51. The van der Waals surface area contributed by atoms with Crippen LogP contribution in [-0.4, -0.2) is 35.4 Å². The Morgan fingerprint density at radius 2 is 1.68 bits per heavy atom. The molecule has 5 nitrogen and oxygen atoms in total. The zero-order valence-electron chi connectivity index (χ0n) is 19.2. The lowest BCUT2D eigenvalue weighted by Crippen LogP contribution is -2.52. The third kappa shape index (κ3) is 7.59. The lowest BCUT2D eigenvalue weighted by molar-refractivity contribution is -0.143. The van der Waals surface area contributed by atoms with E-state index in [1.165, 1.54) is 17.0 Å². The predicted octanol–water partition coefficient (Wildman–Crippen LogP) is 5.02. The number of nitrogens with one attached hydrogen (secondary N) is 1. The van der Waals surface area contributed by atoms with Crippen molar-refractivity contribution in [1.82, 2.24) is 10.2 Å². The van der Waals surface area contributed by atoms with Gasteiger partial charge in [0.05, 0.1) is 0 Å². The van der Waals surface area contributed by atoms with Crippen LogP contribution in [0.4, 0.5) is 4.39 Å². The van der Waals surface area contributed by atoms with E-state index in [-0.39, 0.29) is 36.8 Å². The molecule has 0 bridgehead atoms. The van der Waals surface area contributed by atoms with E-state index in [1.54, 1.807) is 36.4 Å². The standard InChI is InChI=1S/C27H28ClFN2O3/c1-19(2)30-27(33)25(15-20-7-4-3-5-8-20)31(17-21-11-13-23(29)14-12-21)26(32)18-34-24-10-6-9-22(28)16-24/h3-14,16,19,25H,15,17-18H2,1-2H3,(H,30,33)/t25-/m1/s1. The number of amides is 2. The van der Waals surface area contributed by atoms with Crippen molar-refractivity contribution >= 4 is 23.4 Å². The summed E-state index contributed by atoms with van der Waals surface area (Å²) >= 11 is 6.01. The first-order valence-corrected chi connectivity index (χ1v) is 11.5. The summed E-state index contributed by atoms with van der Waals surface area (Å²) in [6.45, 7) is 3.58. The Labute approximate surface area is 204 Å². The molecule has 34 heavy (non-hydrogen) atoms. The van der Waals surface area contributed by atoms with Gasteiger partial charge in [0.2, 0.25) is 5.91 Å². The summed E-state index contributed by atoms with van der Waals surface area (Å²) < 4.78 is 19.1. The first-order chi connectivity index (χ1) is 16.3. The summed E-state index contributed by atoms with van der Waals surface area (Å²) in [5.74, 6) is -0.556. The van der Waals surface area contributed by atoms with Gasteiger partial charge in [0.1, 0.15) is 17.6 Å². The molecule has 3 aromatic rings. The number of rotatable bonds is 10. The molecular weight excluding hydrogens is 455 g/mol. The van der Waals surface area contributed by atoms with E-state index in [9.17, 15) is 14.0 Å². The second-order valence-electron chi connectivity index (χ2n) is 8.26. The molecule has 0 radical (unpaired) electrons. The van der Waals surface area contributed by atoms with Crippen molar-refractivity contribution in [2.24, 2.45) is 0 Å². The van der Waals surface area contributed by atoms with Crippen molar-refractivity contribution in [3.63, 3.8) is 0 Å². The van der Waals surface area contributed by atoms with Gasteiger partial charge < -0.3 is 15.0 Å². The highest BCUT2D eigenvalue weighted by atomic mass is 35.5. The Hall–Kier alpha value is -3.38. The number of carbonyl (C=O) groups is 2. The molecule has 0 saturated carbocycles. The molecule has 0 saturated heterocycles. The maximum absolute atomic E-state index is 13.5. The van der Waals surface area contributed by atoms with Gasteiger partial charge in [-0.05, 0) is 55.3 Å². The van der Waals surface area contributed by atoms with Gasteiger partial charge in [-0.2, -0.15) is 0 Å². The Morgan fingerprint density at radius 3 is 2.32 bits per heavy atom. The Bertz CT molecular complexity index is 1090. The molecule has 0 spiro atoms. The molecule has 0 fully saturated rings. The number of benzene rings is 3. The predicted molar refractivity (Wildman–Crippen MR) is 131 cm³/mol.